The molecule has 1 atom stereocenters. The largest absolute Gasteiger partial charge is 0.382 e. The minimum atomic E-state index is 0. The van der Waals surface area contributed by atoms with E-state index < -0.39 is 0 Å². The number of nitrogens with one attached hydrogen (secondary N) is 2. The zero-order valence-corrected chi connectivity index (χ0v) is 10.9. The first-order chi connectivity index (χ1) is 6.95. The average Bonchev–Trinajstić information content (AvgIpc) is 2.48. The van der Waals surface area contributed by atoms with Gasteiger partial charge in [0.05, 0.1) is 0 Å². The van der Waals surface area contributed by atoms with Crippen LogP contribution in [-0.4, -0.2) is 19.1 Å². The first-order valence-corrected chi connectivity index (χ1v) is 5.47. The molecule has 1 aromatic carbocycles. The number of halogens is 2. The lowest BCUT2D eigenvalue weighted by Gasteiger charge is -2.16. The lowest BCUT2D eigenvalue weighted by Crippen LogP contribution is -2.21. The van der Waals surface area contributed by atoms with E-state index >= 15 is 0 Å². The van der Waals surface area contributed by atoms with Crippen LogP contribution in [0.25, 0.3) is 0 Å². The topological polar surface area (TPSA) is 24.1 Å². The van der Waals surface area contributed by atoms with E-state index in [1.807, 2.05) is 0 Å². The number of para-hydroxylation sites is 1. The molecule has 1 aliphatic rings. The Balaban J connectivity index is 0.00000112. The van der Waals surface area contributed by atoms with Gasteiger partial charge in [0, 0.05) is 11.7 Å². The molecule has 1 aliphatic heterocycles. The minimum absolute atomic E-state index is 0. The first kappa shape index (κ1) is 15.6. The Kier molecular flexibility index (Phi) is 8.44. The van der Waals surface area contributed by atoms with E-state index in [-0.39, 0.29) is 24.8 Å². The maximum absolute atomic E-state index is 3.58. The molecule has 0 radical (unpaired) electrons. The molecule has 1 aromatic rings. The van der Waals surface area contributed by atoms with Crippen molar-refractivity contribution in [3.63, 3.8) is 0 Å². The highest BCUT2D eigenvalue weighted by atomic mass is 35.5. The van der Waals surface area contributed by atoms with Crippen LogP contribution in [0, 0.1) is 0 Å². The normalized spacial score (nSPS) is 19.9. The summed E-state index contributed by atoms with van der Waals surface area (Å²) in [6.07, 6.45) is 3.79. The summed E-state index contributed by atoms with van der Waals surface area (Å²) in [6, 6.07) is 11.1. The number of hydrogen-bond donors (Lipinski definition) is 2. The molecule has 1 saturated heterocycles. The Morgan fingerprint density at radius 1 is 1.00 bits per heavy atom. The van der Waals surface area contributed by atoms with Crippen LogP contribution in [0.2, 0.25) is 0 Å². The van der Waals surface area contributed by atoms with Gasteiger partial charge in [-0.25, -0.2) is 0 Å². The van der Waals surface area contributed by atoms with Crippen molar-refractivity contribution in [1.82, 2.24) is 5.32 Å². The Morgan fingerprint density at radius 3 is 2.50 bits per heavy atom. The molecule has 2 N–H and O–H groups in total. The molecule has 0 aromatic heterocycles. The lowest BCUT2D eigenvalue weighted by atomic mass is 10.1. The number of anilines is 1. The smallest absolute Gasteiger partial charge is 0.0342 e. The van der Waals surface area contributed by atoms with Crippen LogP contribution in [0.15, 0.2) is 30.3 Å². The van der Waals surface area contributed by atoms with Gasteiger partial charge in [-0.3, -0.25) is 0 Å². The number of hydrogen-bond acceptors (Lipinski definition) is 2. The second kappa shape index (κ2) is 8.68. The van der Waals surface area contributed by atoms with Crippen molar-refractivity contribution < 1.29 is 0 Å². The summed E-state index contributed by atoms with van der Waals surface area (Å²) in [5, 5.41) is 7.00. The fourth-order valence-electron chi connectivity index (χ4n) is 1.93. The second-order valence-electron chi connectivity index (χ2n) is 3.89. The third-order valence-corrected chi connectivity index (χ3v) is 2.72. The van der Waals surface area contributed by atoms with Gasteiger partial charge in [-0.2, -0.15) is 0 Å². The van der Waals surface area contributed by atoms with Crippen LogP contribution in [0.4, 0.5) is 5.69 Å². The third kappa shape index (κ3) is 5.06. The first-order valence-electron chi connectivity index (χ1n) is 5.47. The van der Waals surface area contributed by atoms with Crippen LogP contribution < -0.4 is 10.6 Å². The van der Waals surface area contributed by atoms with Crippen molar-refractivity contribution in [3.8, 4) is 0 Å². The molecule has 1 heterocycles. The summed E-state index contributed by atoms with van der Waals surface area (Å²) in [4.78, 5) is 0. The van der Waals surface area contributed by atoms with Crippen LogP contribution >= 0.6 is 24.8 Å². The van der Waals surface area contributed by atoms with Gasteiger partial charge in [0.25, 0.3) is 0 Å². The van der Waals surface area contributed by atoms with E-state index in [1.54, 1.807) is 0 Å². The quantitative estimate of drug-likeness (QED) is 0.856. The summed E-state index contributed by atoms with van der Waals surface area (Å²) >= 11 is 0. The van der Waals surface area contributed by atoms with Crippen molar-refractivity contribution >= 4 is 30.5 Å². The molecule has 0 spiro atoms. The predicted molar refractivity (Wildman–Crippen MR) is 75.1 cm³/mol. The summed E-state index contributed by atoms with van der Waals surface area (Å²) in [5.74, 6) is 0. The molecule has 1 unspecified atom stereocenters. The van der Waals surface area contributed by atoms with Crippen LogP contribution in [0.3, 0.4) is 0 Å². The fourth-order valence-corrected chi connectivity index (χ4v) is 1.93. The maximum atomic E-state index is 3.58. The van der Waals surface area contributed by atoms with E-state index in [4.69, 9.17) is 0 Å². The highest BCUT2D eigenvalue weighted by molar-refractivity contribution is 5.85. The van der Waals surface area contributed by atoms with Gasteiger partial charge < -0.3 is 10.6 Å². The van der Waals surface area contributed by atoms with Crippen molar-refractivity contribution in [2.75, 3.05) is 18.4 Å². The maximum Gasteiger partial charge on any atom is 0.0342 e. The lowest BCUT2D eigenvalue weighted by molar-refractivity contribution is 0.637. The molecule has 1 fully saturated rings. The van der Waals surface area contributed by atoms with Crippen molar-refractivity contribution in [2.45, 2.75) is 25.3 Å². The Morgan fingerprint density at radius 2 is 1.75 bits per heavy atom. The molecule has 0 aliphatic carbocycles. The molecule has 0 amide bonds. The van der Waals surface area contributed by atoms with Crippen molar-refractivity contribution in [3.05, 3.63) is 30.3 Å². The molecular formula is C12H20Cl2N2. The Labute approximate surface area is 110 Å². The standard InChI is InChI=1S/C12H18N2.2ClH/c1-2-5-11(6-3-1)14-12-7-4-9-13-10-8-12;;/h1-3,5-6,12-14H,4,7-10H2;2*1H. The van der Waals surface area contributed by atoms with Crippen molar-refractivity contribution in [1.29, 1.82) is 0 Å². The van der Waals surface area contributed by atoms with E-state index in [0.717, 1.165) is 6.54 Å². The molecule has 0 saturated carbocycles. The molecule has 4 heteroatoms. The predicted octanol–water partition coefficient (Wildman–Crippen LogP) is 3.08. The Hall–Kier alpha value is -0.440. The Bertz CT molecular complexity index is 259. The van der Waals surface area contributed by atoms with Gasteiger partial charge >= 0.3 is 0 Å². The summed E-state index contributed by atoms with van der Waals surface area (Å²) in [6.45, 7) is 2.32. The summed E-state index contributed by atoms with van der Waals surface area (Å²) < 4.78 is 0. The van der Waals surface area contributed by atoms with E-state index in [2.05, 4.69) is 41.0 Å². The summed E-state index contributed by atoms with van der Waals surface area (Å²) in [7, 11) is 0. The van der Waals surface area contributed by atoms with E-state index in [0.29, 0.717) is 6.04 Å². The molecule has 2 nitrogen and oxygen atoms in total. The molecule has 0 bridgehead atoms. The molecule has 2 rings (SSSR count). The van der Waals surface area contributed by atoms with Gasteiger partial charge in [-0.1, -0.05) is 18.2 Å². The van der Waals surface area contributed by atoms with Gasteiger partial charge in [0.2, 0.25) is 0 Å². The van der Waals surface area contributed by atoms with Crippen LogP contribution in [-0.2, 0) is 0 Å². The van der Waals surface area contributed by atoms with Crippen LogP contribution in [0.1, 0.15) is 19.3 Å². The van der Waals surface area contributed by atoms with Gasteiger partial charge in [0.15, 0.2) is 0 Å². The molecule has 92 valence electrons. The van der Waals surface area contributed by atoms with E-state index in [1.165, 1.54) is 31.5 Å². The fraction of sp³-hybridized carbons (Fsp3) is 0.500. The number of rotatable bonds is 2. The highest BCUT2D eigenvalue weighted by Gasteiger charge is 2.10. The summed E-state index contributed by atoms with van der Waals surface area (Å²) in [5.41, 5.74) is 1.25. The number of benzene rings is 1. The van der Waals surface area contributed by atoms with Crippen LogP contribution in [0.5, 0.6) is 0 Å². The van der Waals surface area contributed by atoms with Gasteiger partial charge in [0.1, 0.15) is 0 Å². The zero-order valence-electron chi connectivity index (χ0n) is 9.32. The monoisotopic (exact) mass is 262 g/mol. The zero-order chi connectivity index (χ0) is 9.64. The SMILES string of the molecule is Cl.Cl.c1ccc(NC2CCCNCC2)cc1. The molecular weight excluding hydrogens is 243 g/mol. The van der Waals surface area contributed by atoms with Gasteiger partial charge in [-0.15, -0.1) is 24.8 Å². The van der Waals surface area contributed by atoms with Gasteiger partial charge in [-0.05, 0) is 44.5 Å². The van der Waals surface area contributed by atoms with E-state index in [9.17, 15) is 0 Å². The average molecular weight is 263 g/mol. The molecule has 16 heavy (non-hydrogen) atoms. The minimum Gasteiger partial charge on any atom is -0.382 e. The third-order valence-electron chi connectivity index (χ3n) is 2.72. The second-order valence-corrected chi connectivity index (χ2v) is 3.89. The highest BCUT2D eigenvalue weighted by Crippen LogP contribution is 2.13. The van der Waals surface area contributed by atoms with Crippen molar-refractivity contribution in [2.24, 2.45) is 0 Å².